The number of hydrogen-bond acceptors (Lipinski definition) is 4. The van der Waals surface area contributed by atoms with Crippen molar-refractivity contribution in [3.05, 3.63) is 0 Å². The Balaban J connectivity index is 2.73. The van der Waals surface area contributed by atoms with E-state index >= 15 is 0 Å². The largest absolute Gasteiger partial charge is 0.368 e. The molecule has 0 aromatic heterocycles. The van der Waals surface area contributed by atoms with Gasteiger partial charge in [-0.05, 0) is 51.2 Å². The van der Waals surface area contributed by atoms with E-state index < -0.39 is 6.04 Å². The van der Waals surface area contributed by atoms with Crippen molar-refractivity contribution in [2.24, 2.45) is 29.4 Å². The average molecular weight is 355 g/mol. The Labute approximate surface area is 153 Å². The van der Waals surface area contributed by atoms with Crippen LogP contribution in [0.2, 0.25) is 0 Å². The van der Waals surface area contributed by atoms with Gasteiger partial charge in [0.2, 0.25) is 11.8 Å². The molecule has 2 amide bonds. The summed E-state index contributed by atoms with van der Waals surface area (Å²) in [4.78, 5) is 28.7. The van der Waals surface area contributed by atoms with Crippen LogP contribution >= 0.6 is 0 Å². The third-order valence-electron chi connectivity index (χ3n) is 5.56. The third kappa shape index (κ3) is 6.59. The highest BCUT2D eigenvalue weighted by molar-refractivity contribution is 5.83. The topological polar surface area (TPSA) is 78.7 Å². The molecule has 1 saturated heterocycles. The second-order valence-electron chi connectivity index (χ2n) is 8.25. The van der Waals surface area contributed by atoms with Crippen LogP contribution in [0, 0.1) is 23.7 Å². The van der Waals surface area contributed by atoms with Gasteiger partial charge in [0.15, 0.2) is 0 Å². The summed E-state index contributed by atoms with van der Waals surface area (Å²) in [7, 11) is 4.18. The average Bonchev–Trinajstić information content (AvgIpc) is 2.54. The van der Waals surface area contributed by atoms with Gasteiger partial charge >= 0.3 is 0 Å². The highest BCUT2D eigenvalue weighted by atomic mass is 16.2. The monoisotopic (exact) mass is 354 g/mol. The Hall–Kier alpha value is -1.14. The summed E-state index contributed by atoms with van der Waals surface area (Å²) in [5.74, 6) is 0.864. The van der Waals surface area contributed by atoms with Gasteiger partial charge < -0.3 is 20.9 Å². The molecule has 4 atom stereocenters. The molecule has 1 fully saturated rings. The lowest BCUT2D eigenvalue weighted by Gasteiger charge is -2.38. The van der Waals surface area contributed by atoms with Gasteiger partial charge in [0, 0.05) is 25.6 Å². The predicted molar refractivity (Wildman–Crippen MR) is 102 cm³/mol. The second-order valence-corrected chi connectivity index (χ2v) is 8.25. The fourth-order valence-corrected chi connectivity index (χ4v) is 3.82. The first-order chi connectivity index (χ1) is 11.6. The molecule has 146 valence electrons. The second kappa shape index (κ2) is 10.1. The molecule has 1 rings (SSSR count). The Morgan fingerprint density at radius 3 is 2.40 bits per heavy atom. The van der Waals surface area contributed by atoms with Crippen LogP contribution < -0.4 is 11.1 Å². The van der Waals surface area contributed by atoms with E-state index in [0.717, 1.165) is 19.4 Å². The molecule has 0 aliphatic carbocycles. The molecule has 0 saturated carbocycles. The number of amides is 2. The Bertz CT molecular complexity index is 439. The number of carbonyl (C=O) groups excluding carboxylic acids is 2. The van der Waals surface area contributed by atoms with Gasteiger partial charge in [0.1, 0.15) is 6.04 Å². The van der Waals surface area contributed by atoms with E-state index in [-0.39, 0.29) is 23.7 Å². The van der Waals surface area contributed by atoms with Crippen molar-refractivity contribution >= 4 is 11.8 Å². The van der Waals surface area contributed by atoms with E-state index in [1.807, 2.05) is 4.90 Å². The number of primary amides is 1. The maximum Gasteiger partial charge on any atom is 0.236 e. The van der Waals surface area contributed by atoms with E-state index in [1.54, 1.807) is 0 Å². The number of piperazine rings is 1. The number of nitrogens with two attached hydrogens (primary N) is 1. The molecule has 1 unspecified atom stereocenters. The van der Waals surface area contributed by atoms with E-state index in [1.165, 1.54) is 0 Å². The summed E-state index contributed by atoms with van der Waals surface area (Å²) in [5, 5.41) is 3.09. The molecule has 0 aromatic rings. The van der Waals surface area contributed by atoms with Crippen molar-refractivity contribution < 1.29 is 9.59 Å². The molecule has 6 heteroatoms. The number of carbonyl (C=O) groups is 2. The van der Waals surface area contributed by atoms with Crippen LogP contribution in [0.3, 0.4) is 0 Å². The number of nitrogens with one attached hydrogen (secondary N) is 1. The molecular formula is C19H38N4O2. The molecule has 3 N–H and O–H groups in total. The zero-order valence-corrected chi connectivity index (χ0v) is 16.9. The molecule has 0 spiro atoms. The van der Waals surface area contributed by atoms with Gasteiger partial charge in [0.05, 0.1) is 0 Å². The lowest BCUT2D eigenvalue weighted by Crippen LogP contribution is -2.59. The maximum absolute atomic E-state index is 13.2. The van der Waals surface area contributed by atoms with Crippen LogP contribution in [-0.2, 0) is 9.59 Å². The highest BCUT2D eigenvalue weighted by Crippen LogP contribution is 2.31. The predicted octanol–water partition coefficient (Wildman–Crippen LogP) is 1.16. The number of rotatable bonds is 9. The van der Waals surface area contributed by atoms with Crippen molar-refractivity contribution in [1.29, 1.82) is 0 Å². The summed E-state index contributed by atoms with van der Waals surface area (Å²) < 4.78 is 0. The van der Waals surface area contributed by atoms with Crippen LogP contribution in [0.1, 0.15) is 40.5 Å². The zero-order valence-electron chi connectivity index (χ0n) is 16.9. The molecule has 1 heterocycles. The normalized spacial score (nSPS) is 22.1. The smallest absolute Gasteiger partial charge is 0.236 e. The molecular weight excluding hydrogens is 316 g/mol. The van der Waals surface area contributed by atoms with Gasteiger partial charge in [0.25, 0.3) is 0 Å². The summed E-state index contributed by atoms with van der Waals surface area (Å²) in [6, 6.07) is -0.432. The Morgan fingerprint density at radius 2 is 1.88 bits per heavy atom. The van der Waals surface area contributed by atoms with Crippen molar-refractivity contribution in [2.45, 2.75) is 46.6 Å². The minimum atomic E-state index is -0.432. The Kier molecular flexibility index (Phi) is 8.86. The first-order valence-electron chi connectivity index (χ1n) is 9.61. The molecule has 1 aliphatic heterocycles. The fourth-order valence-electron chi connectivity index (χ4n) is 3.82. The van der Waals surface area contributed by atoms with Crippen molar-refractivity contribution in [1.82, 2.24) is 15.1 Å². The first-order valence-corrected chi connectivity index (χ1v) is 9.61. The maximum atomic E-state index is 13.2. The van der Waals surface area contributed by atoms with Gasteiger partial charge in [-0.1, -0.05) is 27.7 Å². The van der Waals surface area contributed by atoms with Crippen LogP contribution in [-0.4, -0.2) is 67.9 Å². The van der Waals surface area contributed by atoms with Crippen molar-refractivity contribution in [3.63, 3.8) is 0 Å². The zero-order chi connectivity index (χ0) is 19.1. The van der Waals surface area contributed by atoms with E-state index in [0.29, 0.717) is 31.5 Å². The summed E-state index contributed by atoms with van der Waals surface area (Å²) in [6.07, 6.45) is 2.27. The van der Waals surface area contributed by atoms with Crippen LogP contribution in [0.5, 0.6) is 0 Å². The number of hydrogen-bond donors (Lipinski definition) is 2. The molecule has 6 nitrogen and oxygen atoms in total. The molecule has 0 aromatic carbocycles. The van der Waals surface area contributed by atoms with Gasteiger partial charge in [-0.25, -0.2) is 0 Å². The lowest BCUT2D eigenvalue weighted by atomic mass is 9.75. The van der Waals surface area contributed by atoms with Gasteiger partial charge in [-0.3, -0.25) is 9.59 Å². The number of nitrogens with zero attached hydrogens (tertiary/aromatic N) is 2. The third-order valence-corrected chi connectivity index (χ3v) is 5.56. The quantitative estimate of drug-likeness (QED) is 0.651. The van der Waals surface area contributed by atoms with Crippen LogP contribution in [0.25, 0.3) is 0 Å². The first kappa shape index (κ1) is 21.9. The molecule has 0 radical (unpaired) electrons. The SMILES string of the molecule is CC(C)[C@@H](C(=O)N1CCN[C@@H](C(N)=O)C1)C(C)[C@@H](C)CCCN(C)C. The van der Waals surface area contributed by atoms with Crippen molar-refractivity contribution in [2.75, 3.05) is 40.3 Å². The van der Waals surface area contributed by atoms with Gasteiger partial charge in [-0.15, -0.1) is 0 Å². The van der Waals surface area contributed by atoms with Crippen LogP contribution in [0.15, 0.2) is 0 Å². The molecule has 1 aliphatic rings. The van der Waals surface area contributed by atoms with E-state index in [4.69, 9.17) is 5.73 Å². The summed E-state index contributed by atoms with van der Waals surface area (Å²) in [5.41, 5.74) is 5.41. The molecule has 0 bridgehead atoms. The van der Waals surface area contributed by atoms with Crippen LogP contribution in [0.4, 0.5) is 0 Å². The van der Waals surface area contributed by atoms with E-state index in [9.17, 15) is 9.59 Å². The lowest BCUT2D eigenvalue weighted by molar-refractivity contribution is -0.141. The fraction of sp³-hybridized carbons (Fsp3) is 0.895. The Morgan fingerprint density at radius 1 is 1.24 bits per heavy atom. The minimum Gasteiger partial charge on any atom is -0.368 e. The minimum absolute atomic E-state index is 0.0130. The standard InChI is InChI=1S/C19H38N4O2/c1-13(2)17(15(4)14(3)8-7-10-22(5)6)19(25)23-11-9-21-16(12-23)18(20)24/h13-17,21H,7-12H2,1-6H3,(H2,20,24)/t14-,15?,16+,17+/m0/s1. The summed E-state index contributed by atoms with van der Waals surface area (Å²) >= 11 is 0. The highest BCUT2D eigenvalue weighted by Gasteiger charge is 2.36. The van der Waals surface area contributed by atoms with Gasteiger partial charge in [-0.2, -0.15) is 0 Å². The molecule has 25 heavy (non-hydrogen) atoms. The summed E-state index contributed by atoms with van der Waals surface area (Å²) in [6.45, 7) is 11.4. The van der Waals surface area contributed by atoms with Crippen molar-refractivity contribution in [3.8, 4) is 0 Å². The van der Waals surface area contributed by atoms with E-state index in [2.05, 4.69) is 52.0 Å².